The highest BCUT2D eigenvalue weighted by molar-refractivity contribution is 5.81. The van der Waals surface area contributed by atoms with E-state index in [2.05, 4.69) is 15.3 Å². The van der Waals surface area contributed by atoms with Crippen LogP contribution in [0.5, 0.6) is 0 Å². The van der Waals surface area contributed by atoms with Crippen molar-refractivity contribution < 1.29 is 26.7 Å². The molecular formula is C20H19F5N4O. The quantitative estimate of drug-likeness (QED) is 0.471. The van der Waals surface area contributed by atoms with Crippen molar-refractivity contribution in [2.45, 2.75) is 31.5 Å². The van der Waals surface area contributed by atoms with Crippen LogP contribution in [-0.2, 0) is 10.7 Å². The van der Waals surface area contributed by atoms with Crippen molar-refractivity contribution in [3.63, 3.8) is 0 Å². The number of hydrogen-bond acceptors (Lipinski definition) is 3. The molecule has 160 valence electrons. The predicted octanol–water partition coefficient (Wildman–Crippen LogP) is 4.90. The highest BCUT2D eigenvalue weighted by Gasteiger charge is 2.38. The molecule has 1 heterocycles. The third kappa shape index (κ3) is 5.25. The molecule has 30 heavy (non-hydrogen) atoms. The minimum absolute atomic E-state index is 0.0115. The van der Waals surface area contributed by atoms with E-state index >= 15 is 0 Å². The first-order valence-electron chi connectivity index (χ1n) is 9.08. The number of carbonyl (C=O) groups is 1. The molecule has 0 aliphatic carbocycles. The van der Waals surface area contributed by atoms with Gasteiger partial charge in [0.05, 0.1) is 17.1 Å². The van der Waals surface area contributed by atoms with Crippen LogP contribution in [0.1, 0.15) is 30.5 Å². The zero-order chi connectivity index (χ0) is 21.9. The topological polar surface area (TPSA) is 69.8 Å². The number of aromatic amines is 1. The molecule has 3 aromatic rings. The van der Waals surface area contributed by atoms with E-state index in [1.807, 2.05) is 0 Å². The molecule has 0 spiro atoms. The first-order valence-corrected chi connectivity index (χ1v) is 9.08. The van der Waals surface area contributed by atoms with Gasteiger partial charge in [-0.3, -0.25) is 4.79 Å². The van der Waals surface area contributed by atoms with Crippen molar-refractivity contribution in [2.75, 3.05) is 11.9 Å². The Hall–Kier alpha value is -3.17. The molecule has 2 aromatic carbocycles. The number of amides is 1. The highest BCUT2D eigenvalue weighted by Crippen LogP contribution is 2.30. The van der Waals surface area contributed by atoms with Crippen molar-refractivity contribution in [3.05, 3.63) is 59.7 Å². The monoisotopic (exact) mass is 426 g/mol. The van der Waals surface area contributed by atoms with E-state index in [-0.39, 0.29) is 18.5 Å². The van der Waals surface area contributed by atoms with Gasteiger partial charge in [-0.05, 0) is 30.2 Å². The summed E-state index contributed by atoms with van der Waals surface area (Å²) in [5.41, 5.74) is 1.60. The van der Waals surface area contributed by atoms with Gasteiger partial charge in [-0.15, -0.1) is 0 Å². The molecule has 10 heteroatoms. The van der Waals surface area contributed by atoms with Crippen molar-refractivity contribution in [3.8, 4) is 0 Å². The fraction of sp³-hybridized carbons (Fsp3) is 0.300. The number of fused-ring (bicyclic) bond motifs is 1. The Morgan fingerprint density at radius 2 is 1.83 bits per heavy atom. The second-order valence-corrected chi connectivity index (χ2v) is 6.86. The maximum absolute atomic E-state index is 13.7. The Kier molecular flexibility index (Phi) is 5.95. The average Bonchev–Trinajstić information content (AvgIpc) is 3.08. The normalized spacial score (nSPS) is 13.3. The lowest BCUT2D eigenvalue weighted by molar-refractivity contribution is -0.173. The minimum atomic E-state index is -4.99. The van der Waals surface area contributed by atoms with Gasteiger partial charge >= 0.3 is 12.1 Å². The zero-order valence-electron chi connectivity index (χ0n) is 15.9. The summed E-state index contributed by atoms with van der Waals surface area (Å²) in [5.74, 6) is -4.81. The van der Waals surface area contributed by atoms with Gasteiger partial charge in [0.25, 0.3) is 5.92 Å². The number of aromatic nitrogens is 2. The van der Waals surface area contributed by atoms with E-state index in [1.165, 1.54) is 18.2 Å². The van der Waals surface area contributed by atoms with Crippen LogP contribution in [0.3, 0.4) is 0 Å². The Morgan fingerprint density at radius 3 is 2.50 bits per heavy atom. The number of para-hydroxylation sites is 2. The molecule has 1 aromatic heterocycles. The molecule has 3 N–H and O–H groups in total. The van der Waals surface area contributed by atoms with E-state index in [1.54, 1.807) is 35.6 Å². The van der Waals surface area contributed by atoms with Gasteiger partial charge in [0.1, 0.15) is 0 Å². The lowest BCUT2D eigenvalue weighted by Crippen LogP contribution is -2.38. The van der Waals surface area contributed by atoms with Crippen LogP contribution in [-0.4, -0.2) is 28.6 Å². The standard InChI is InChI=1S/C20H19F5N4O/c1-19(21,22)13-6-4-5-12(11-13)14(9-10-26-17(30)20(23,24)25)27-18-28-15-7-2-3-8-16(15)29-18/h2-8,11,14H,9-10H2,1H3,(H,26,30)(H2,27,28,29). The van der Waals surface area contributed by atoms with E-state index in [0.717, 1.165) is 12.4 Å². The number of benzene rings is 2. The molecule has 0 saturated carbocycles. The molecule has 0 aliphatic heterocycles. The summed E-state index contributed by atoms with van der Waals surface area (Å²) in [6.07, 6.45) is -4.98. The third-order valence-electron chi connectivity index (χ3n) is 4.47. The molecule has 5 nitrogen and oxygen atoms in total. The number of H-pyrrole nitrogens is 1. The molecular weight excluding hydrogens is 407 g/mol. The van der Waals surface area contributed by atoms with Gasteiger partial charge in [0.2, 0.25) is 5.95 Å². The summed E-state index contributed by atoms with van der Waals surface area (Å²) in [6.45, 7) is 0.445. The van der Waals surface area contributed by atoms with Crippen LogP contribution in [0.4, 0.5) is 27.9 Å². The summed E-state index contributed by atoms with van der Waals surface area (Å²) in [6, 6.07) is 12.1. The first-order chi connectivity index (χ1) is 14.0. The average molecular weight is 426 g/mol. The molecule has 0 saturated heterocycles. The number of alkyl halides is 5. The molecule has 1 atom stereocenters. The number of carbonyl (C=O) groups excluding carboxylic acids is 1. The fourth-order valence-corrected chi connectivity index (χ4v) is 2.97. The van der Waals surface area contributed by atoms with Crippen LogP contribution in [0.2, 0.25) is 0 Å². The number of halogens is 5. The Balaban J connectivity index is 1.83. The Morgan fingerprint density at radius 1 is 1.10 bits per heavy atom. The van der Waals surface area contributed by atoms with Gasteiger partial charge in [0, 0.05) is 19.0 Å². The summed E-state index contributed by atoms with van der Waals surface area (Å²) in [4.78, 5) is 18.4. The van der Waals surface area contributed by atoms with E-state index in [4.69, 9.17) is 0 Å². The van der Waals surface area contributed by atoms with Crippen LogP contribution < -0.4 is 10.6 Å². The molecule has 1 amide bonds. The molecule has 3 rings (SSSR count). The summed E-state index contributed by atoms with van der Waals surface area (Å²) in [7, 11) is 0. The van der Waals surface area contributed by atoms with Crippen LogP contribution >= 0.6 is 0 Å². The van der Waals surface area contributed by atoms with Crippen molar-refractivity contribution in [2.24, 2.45) is 0 Å². The summed E-state index contributed by atoms with van der Waals surface area (Å²) < 4.78 is 64.7. The van der Waals surface area contributed by atoms with E-state index in [0.29, 0.717) is 17.0 Å². The fourth-order valence-electron chi connectivity index (χ4n) is 2.97. The number of imidazole rings is 1. The number of hydrogen-bond donors (Lipinski definition) is 3. The van der Waals surface area contributed by atoms with Crippen LogP contribution in [0.25, 0.3) is 11.0 Å². The van der Waals surface area contributed by atoms with Crippen LogP contribution in [0.15, 0.2) is 48.5 Å². The number of nitrogens with zero attached hydrogens (tertiary/aromatic N) is 1. The summed E-state index contributed by atoms with van der Waals surface area (Å²) in [5, 5.41) is 4.83. The molecule has 0 bridgehead atoms. The minimum Gasteiger partial charge on any atom is -0.349 e. The first kappa shape index (κ1) is 21.5. The maximum Gasteiger partial charge on any atom is 0.471 e. The highest BCUT2D eigenvalue weighted by atomic mass is 19.4. The maximum atomic E-state index is 13.7. The number of anilines is 1. The lowest BCUT2D eigenvalue weighted by Gasteiger charge is -2.21. The van der Waals surface area contributed by atoms with Crippen LogP contribution in [0, 0.1) is 0 Å². The Labute approximate surface area is 168 Å². The molecule has 0 fully saturated rings. The van der Waals surface area contributed by atoms with Gasteiger partial charge in [-0.1, -0.05) is 30.3 Å². The molecule has 0 radical (unpaired) electrons. The largest absolute Gasteiger partial charge is 0.471 e. The second kappa shape index (κ2) is 8.29. The number of rotatable bonds is 7. The van der Waals surface area contributed by atoms with Gasteiger partial charge in [-0.2, -0.15) is 13.2 Å². The molecule has 1 unspecified atom stereocenters. The van der Waals surface area contributed by atoms with Crippen molar-refractivity contribution >= 4 is 22.9 Å². The number of nitrogens with one attached hydrogen (secondary N) is 3. The van der Waals surface area contributed by atoms with E-state index < -0.39 is 24.0 Å². The van der Waals surface area contributed by atoms with Gasteiger partial charge < -0.3 is 15.6 Å². The predicted molar refractivity (Wildman–Crippen MR) is 102 cm³/mol. The molecule has 0 aliphatic rings. The lowest BCUT2D eigenvalue weighted by atomic mass is 9.99. The van der Waals surface area contributed by atoms with E-state index in [9.17, 15) is 26.7 Å². The summed E-state index contributed by atoms with van der Waals surface area (Å²) >= 11 is 0. The van der Waals surface area contributed by atoms with Gasteiger partial charge in [0.15, 0.2) is 0 Å². The second-order valence-electron chi connectivity index (χ2n) is 6.86. The van der Waals surface area contributed by atoms with Crippen molar-refractivity contribution in [1.82, 2.24) is 15.3 Å². The van der Waals surface area contributed by atoms with Gasteiger partial charge in [-0.25, -0.2) is 13.8 Å². The van der Waals surface area contributed by atoms with Crippen molar-refractivity contribution in [1.29, 1.82) is 0 Å². The third-order valence-corrected chi connectivity index (χ3v) is 4.47. The Bertz CT molecular complexity index is 993. The zero-order valence-corrected chi connectivity index (χ0v) is 15.9. The SMILES string of the molecule is CC(F)(F)c1cccc(C(CCNC(=O)C(F)(F)F)Nc2nc3ccccc3[nH]2)c1. The smallest absolute Gasteiger partial charge is 0.349 e.